The summed E-state index contributed by atoms with van der Waals surface area (Å²) >= 11 is 1.59. The second-order valence-electron chi connectivity index (χ2n) is 5.10. The number of benzene rings is 2. The molecule has 4 aromatic rings. The number of rotatable bonds is 3. The van der Waals surface area contributed by atoms with Crippen molar-refractivity contribution in [1.82, 2.24) is 9.38 Å². The van der Waals surface area contributed by atoms with E-state index in [4.69, 9.17) is 9.84 Å². The molecule has 0 bridgehead atoms. The molecular weight excluding hydrogens is 312 g/mol. The summed E-state index contributed by atoms with van der Waals surface area (Å²) in [6.07, 6.45) is 1.97. The average Bonchev–Trinajstić information content (AvgIpc) is 3.11. The van der Waals surface area contributed by atoms with Crippen molar-refractivity contribution in [3.8, 4) is 17.0 Å². The molecule has 0 aliphatic heterocycles. The van der Waals surface area contributed by atoms with E-state index in [2.05, 4.69) is 4.98 Å². The molecular formula is C17H12N2O3S. The Morgan fingerprint density at radius 1 is 1.22 bits per heavy atom. The molecule has 0 unspecified atom stereocenters. The van der Waals surface area contributed by atoms with E-state index in [1.54, 1.807) is 42.7 Å². The Balaban J connectivity index is 1.81. The lowest BCUT2D eigenvalue weighted by Gasteiger charge is -1.99. The van der Waals surface area contributed by atoms with Crippen molar-refractivity contribution in [3.05, 3.63) is 54.2 Å². The number of hydrogen-bond donors (Lipinski definition) is 1. The molecule has 0 spiro atoms. The van der Waals surface area contributed by atoms with Gasteiger partial charge in [-0.15, -0.1) is 0 Å². The van der Waals surface area contributed by atoms with E-state index < -0.39 is 5.97 Å². The predicted octanol–water partition coefficient (Wildman–Crippen LogP) is 3.92. The average molecular weight is 324 g/mol. The van der Waals surface area contributed by atoms with Crippen molar-refractivity contribution in [2.24, 2.45) is 0 Å². The largest absolute Gasteiger partial charge is 0.497 e. The number of carbonyl (C=O) groups is 1. The van der Waals surface area contributed by atoms with E-state index in [1.807, 2.05) is 28.8 Å². The molecule has 23 heavy (non-hydrogen) atoms. The first kappa shape index (κ1) is 13.8. The van der Waals surface area contributed by atoms with Gasteiger partial charge in [0.1, 0.15) is 5.75 Å². The first-order chi connectivity index (χ1) is 11.2. The lowest BCUT2D eigenvalue weighted by Crippen LogP contribution is -1.94. The fraction of sp³-hybridized carbons (Fsp3) is 0.0588. The Kier molecular flexibility index (Phi) is 3.06. The standard InChI is InChI=1S/C17H12N2O3S/c1-22-12-6-7-14-15(8-12)23-17-18-13(9-19(14)17)10-2-4-11(5-3-10)16(20)21/h2-9H,1H3,(H,20,21). The van der Waals surface area contributed by atoms with Crippen LogP contribution in [0.15, 0.2) is 48.7 Å². The summed E-state index contributed by atoms with van der Waals surface area (Å²) in [5.74, 6) is -0.103. The zero-order chi connectivity index (χ0) is 16.0. The normalized spacial score (nSPS) is 11.2. The quantitative estimate of drug-likeness (QED) is 0.620. The summed E-state index contributed by atoms with van der Waals surface area (Å²) in [6.45, 7) is 0. The predicted molar refractivity (Wildman–Crippen MR) is 89.5 cm³/mol. The van der Waals surface area contributed by atoms with Crippen LogP contribution in [0.3, 0.4) is 0 Å². The van der Waals surface area contributed by atoms with Gasteiger partial charge in [-0.2, -0.15) is 0 Å². The van der Waals surface area contributed by atoms with Crippen LogP contribution in [0.2, 0.25) is 0 Å². The van der Waals surface area contributed by atoms with E-state index in [0.29, 0.717) is 0 Å². The number of methoxy groups -OCH3 is 1. The van der Waals surface area contributed by atoms with Gasteiger partial charge < -0.3 is 9.84 Å². The highest BCUT2D eigenvalue weighted by Gasteiger charge is 2.11. The Labute approximate surface area is 135 Å². The molecule has 0 saturated heterocycles. The first-order valence-corrected chi connectivity index (χ1v) is 7.77. The topological polar surface area (TPSA) is 63.8 Å². The van der Waals surface area contributed by atoms with Crippen LogP contribution in [0.25, 0.3) is 26.4 Å². The Morgan fingerprint density at radius 3 is 2.70 bits per heavy atom. The molecule has 0 amide bonds. The summed E-state index contributed by atoms with van der Waals surface area (Å²) in [5, 5.41) is 8.96. The molecule has 4 rings (SSSR count). The molecule has 1 N–H and O–H groups in total. The van der Waals surface area contributed by atoms with Crippen LogP contribution >= 0.6 is 11.3 Å². The molecule has 5 nitrogen and oxygen atoms in total. The van der Waals surface area contributed by atoms with Gasteiger partial charge in [-0.1, -0.05) is 23.5 Å². The van der Waals surface area contributed by atoms with Crippen molar-refractivity contribution < 1.29 is 14.6 Å². The van der Waals surface area contributed by atoms with Gasteiger partial charge in [0.25, 0.3) is 0 Å². The fourth-order valence-corrected chi connectivity index (χ4v) is 3.57. The molecule has 114 valence electrons. The summed E-state index contributed by atoms with van der Waals surface area (Å²) in [6, 6.07) is 12.7. The van der Waals surface area contributed by atoms with Gasteiger partial charge in [-0.05, 0) is 30.3 Å². The SMILES string of the molecule is COc1ccc2c(c1)sc1nc(-c3ccc(C(=O)O)cc3)cn12. The maximum absolute atomic E-state index is 10.9. The van der Waals surface area contributed by atoms with E-state index >= 15 is 0 Å². The Bertz CT molecular complexity index is 1030. The van der Waals surface area contributed by atoms with Crippen LogP contribution in [-0.2, 0) is 0 Å². The maximum atomic E-state index is 10.9. The van der Waals surface area contributed by atoms with Crippen LogP contribution in [0.1, 0.15) is 10.4 Å². The number of aromatic carboxylic acids is 1. The highest BCUT2D eigenvalue weighted by atomic mass is 32.1. The monoisotopic (exact) mass is 324 g/mol. The first-order valence-electron chi connectivity index (χ1n) is 6.95. The fourth-order valence-electron chi connectivity index (χ4n) is 2.53. The van der Waals surface area contributed by atoms with Crippen LogP contribution < -0.4 is 4.74 Å². The van der Waals surface area contributed by atoms with E-state index in [1.165, 1.54) is 0 Å². The number of ether oxygens (including phenoxy) is 1. The van der Waals surface area contributed by atoms with E-state index in [9.17, 15) is 4.79 Å². The Morgan fingerprint density at radius 2 is 2.00 bits per heavy atom. The summed E-state index contributed by atoms with van der Waals surface area (Å²) in [5.41, 5.74) is 3.07. The maximum Gasteiger partial charge on any atom is 0.335 e. The molecule has 6 heteroatoms. The zero-order valence-electron chi connectivity index (χ0n) is 12.2. The minimum Gasteiger partial charge on any atom is -0.497 e. The Hall–Kier alpha value is -2.86. The third-order valence-corrected chi connectivity index (χ3v) is 4.75. The number of nitrogens with zero attached hydrogens (tertiary/aromatic N) is 2. The second kappa shape index (κ2) is 5.10. The van der Waals surface area contributed by atoms with Gasteiger partial charge in [-0.3, -0.25) is 4.40 Å². The van der Waals surface area contributed by atoms with Crippen molar-refractivity contribution in [1.29, 1.82) is 0 Å². The lowest BCUT2D eigenvalue weighted by atomic mass is 10.1. The van der Waals surface area contributed by atoms with Crippen LogP contribution in [-0.4, -0.2) is 27.6 Å². The third kappa shape index (κ3) is 2.24. The molecule has 2 heterocycles. The number of aromatic nitrogens is 2. The van der Waals surface area contributed by atoms with Crippen LogP contribution in [0.4, 0.5) is 0 Å². The van der Waals surface area contributed by atoms with E-state index in [-0.39, 0.29) is 5.56 Å². The molecule has 0 aliphatic carbocycles. The lowest BCUT2D eigenvalue weighted by molar-refractivity contribution is 0.0697. The highest BCUT2D eigenvalue weighted by Crippen LogP contribution is 2.31. The minimum atomic E-state index is -0.928. The van der Waals surface area contributed by atoms with Crippen LogP contribution in [0.5, 0.6) is 5.75 Å². The van der Waals surface area contributed by atoms with Gasteiger partial charge in [-0.25, -0.2) is 9.78 Å². The van der Waals surface area contributed by atoms with Gasteiger partial charge in [0.15, 0.2) is 4.96 Å². The molecule has 0 fully saturated rings. The van der Waals surface area contributed by atoms with Gasteiger partial charge in [0.05, 0.1) is 28.6 Å². The summed E-state index contributed by atoms with van der Waals surface area (Å²) in [4.78, 5) is 16.5. The molecule has 2 aromatic heterocycles. The van der Waals surface area contributed by atoms with Gasteiger partial charge in [0.2, 0.25) is 0 Å². The van der Waals surface area contributed by atoms with Gasteiger partial charge in [0, 0.05) is 11.8 Å². The summed E-state index contributed by atoms with van der Waals surface area (Å²) < 4.78 is 8.40. The summed E-state index contributed by atoms with van der Waals surface area (Å²) in [7, 11) is 1.65. The molecule has 0 radical (unpaired) electrons. The number of carboxylic acids is 1. The number of thiazole rings is 1. The molecule has 0 saturated carbocycles. The second-order valence-corrected chi connectivity index (χ2v) is 6.11. The van der Waals surface area contributed by atoms with Crippen LogP contribution in [0, 0.1) is 0 Å². The van der Waals surface area contributed by atoms with Crippen molar-refractivity contribution in [2.75, 3.05) is 7.11 Å². The highest BCUT2D eigenvalue weighted by molar-refractivity contribution is 7.23. The van der Waals surface area contributed by atoms with E-state index in [0.717, 1.165) is 32.2 Å². The smallest absolute Gasteiger partial charge is 0.335 e. The number of hydrogen-bond acceptors (Lipinski definition) is 4. The number of carboxylic acid groups (broad SMARTS) is 1. The van der Waals surface area contributed by atoms with Gasteiger partial charge >= 0.3 is 5.97 Å². The molecule has 0 atom stereocenters. The molecule has 2 aromatic carbocycles. The zero-order valence-corrected chi connectivity index (χ0v) is 13.0. The van der Waals surface area contributed by atoms with Crippen molar-refractivity contribution in [3.63, 3.8) is 0 Å². The van der Waals surface area contributed by atoms with Crippen molar-refractivity contribution >= 4 is 32.5 Å². The number of imidazole rings is 1. The van der Waals surface area contributed by atoms with Crippen molar-refractivity contribution in [2.45, 2.75) is 0 Å². The third-order valence-electron chi connectivity index (χ3n) is 3.73. The number of fused-ring (bicyclic) bond motifs is 3. The molecule has 0 aliphatic rings. The minimum absolute atomic E-state index is 0.271.